The molecule has 1 aliphatic carbocycles. The normalized spacial score (nSPS) is 21.1. The maximum atomic E-state index is 12.9. The zero-order valence-electron chi connectivity index (χ0n) is 17.3. The first-order chi connectivity index (χ1) is 13.2. The van der Waals surface area contributed by atoms with Crippen LogP contribution in [0, 0.1) is 0 Å². The molecule has 0 N–H and O–H groups in total. The van der Waals surface area contributed by atoms with Crippen LogP contribution in [0.1, 0.15) is 51.0 Å². The van der Waals surface area contributed by atoms with E-state index < -0.39 is 35.9 Å². The van der Waals surface area contributed by atoms with Gasteiger partial charge in [0.15, 0.2) is 6.10 Å². The number of carbonyl (C=O) groups excluding carboxylic acids is 2. The van der Waals surface area contributed by atoms with Crippen LogP contribution in [0.2, 0.25) is 0 Å². The lowest BCUT2D eigenvalue weighted by atomic mass is 10.1. The van der Waals surface area contributed by atoms with Crippen molar-refractivity contribution in [2.24, 2.45) is 0 Å². The van der Waals surface area contributed by atoms with Crippen LogP contribution in [-0.4, -0.2) is 56.4 Å². The second-order valence-electron chi connectivity index (χ2n) is 7.51. The molecule has 1 aromatic rings. The van der Waals surface area contributed by atoms with Gasteiger partial charge in [0, 0.05) is 26.7 Å². The van der Waals surface area contributed by atoms with Gasteiger partial charge in [-0.2, -0.15) is 0 Å². The number of hydrogen-bond acceptors (Lipinski definition) is 7. The predicted octanol–water partition coefficient (Wildman–Crippen LogP) is 3.18. The highest BCUT2D eigenvalue weighted by Gasteiger charge is 2.48. The maximum Gasteiger partial charge on any atom is 0.412 e. The van der Waals surface area contributed by atoms with Crippen molar-refractivity contribution in [2.75, 3.05) is 27.7 Å². The number of fused-ring (bicyclic) bond motifs is 1. The zero-order chi connectivity index (χ0) is 20.9. The molecule has 0 bridgehead atoms. The Labute approximate surface area is 165 Å². The first kappa shape index (κ1) is 22.1. The van der Waals surface area contributed by atoms with E-state index in [9.17, 15) is 9.59 Å². The summed E-state index contributed by atoms with van der Waals surface area (Å²) >= 11 is 0. The van der Waals surface area contributed by atoms with E-state index in [-0.39, 0.29) is 13.5 Å². The fourth-order valence-corrected chi connectivity index (χ4v) is 3.24. The van der Waals surface area contributed by atoms with Crippen molar-refractivity contribution in [2.45, 2.75) is 51.5 Å². The minimum absolute atomic E-state index is 0.0203. The van der Waals surface area contributed by atoms with Crippen molar-refractivity contribution in [3.8, 4) is 0 Å². The van der Waals surface area contributed by atoms with Crippen molar-refractivity contribution >= 4 is 12.1 Å². The van der Waals surface area contributed by atoms with Crippen LogP contribution in [0.3, 0.4) is 0 Å². The van der Waals surface area contributed by atoms with Crippen LogP contribution < -0.4 is 0 Å². The van der Waals surface area contributed by atoms with E-state index in [1.165, 1.54) is 26.0 Å². The summed E-state index contributed by atoms with van der Waals surface area (Å²) in [5, 5.41) is 0. The van der Waals surface area contributed by atoms with Crippen molar-refractivity contribution < 1.29 is 33.3 Å². The molecule has 156 valence electrons. The predicted molar refractivity (Wildman–Crippen MR) is 100 cm³/mol. The Morgan fingerprint density at radius 1 is 1.07 bits per heavy atom. The van der Waals surface area contributed by atoms with Crippen LogP contribution in [0.4, 0.5) is 4.79 Å². The van der Waals surface area contributed by atoms with Crippen LogP contribution in [0.5, 0.6) is 0 Å². The number of nitrogens with zero attached hydrogens (tertiary/aromatic N) is 1. The molecule has 1 aromatic carbocycles. The summed E-state index contributed by atoms with van der Waals surface area (Å²) in [4.78, 5) is 26.1. The van der Waals surface area contributed by atoms with Gasteiger partial charge in [0.1, 0.15) is 25.2 Å². The van der Waals surface area contributed by atoms with Crippen LogP contribution >= 0.6 is 0 Å². The van der Waals surface area contributed by atoms with Crippen molar-refractivity contribution in [1.82, 2.24) is 4.90 Å². The van der Waals surface area contributed by atoms with Crippen molar-refractivity contribution in [3.05, 3.63) is 35.4 Å². The molecular weight excluding hydrogens is 366 g/mol. The Hall–Kier alpha value is -2.16. The number of esters is 1. The molecule has 0 aliphatic heterocycles. The molecule has 0 saturated carbocycles. The molecule has 3 atom stereocenters. The maximum absolute atomic E-state index is 12.9. The quantitative estimate of drug-likeness (QED) is 0.518. The van der Waals surface area contributed by atoms with Gasteiger partial charge in [-0.15, -0.1) is 0 Å². The topological polar surface area (TPSA) is 83.5 Å². The molecule has 2 rings (SSSR count). The number of methoxy groups -OCH3 is 2. The second kappa shape index (κ2) is 9.36. The van der Waals surface area contributed by atoms with Gasteiger partial charge < -0.3 is 23.7 Å². The number of rotatable bonds is 7. The van der Waals surface area contributed by atoms with E-state index in [1.807, 2.05) is 24.3 Å². The second-order valence-corrected chi connectivity index (χ2v) is 7.51. The highest BCUT2D eigenvalue weighted by molar-refractivity contribution is 5.70. The summed E-state index contributed by atoms with van der Waals surface area (Å²) in [5.41, 5.74) is 0.894. The lowest BCUT2D eigenvalue weighted by Gasteiger charge is -2.35. The summed E-state index contributed by atoms with van der Waals surface area (Å²) in [6, 6.07) is 6.85. The SMILES string of the molecule is COCOC1C(OC(C)=O)c2ccccc2C1N(COC)C(=O)OC(C)(C)C. The minimum Gasteiger partial charge on any atom is -0.455 e. The number of carbonyl (C=O) groups is 2. The van der Waals surface area contributed by atoms with Gasteiger partial charge in [-0.25, -0.2) is 4.79 Å². The third-order valence-electron chi connectivity index (χ3n) is 4.13. The number of hydrogen-bond donors (Lipinski definition) is 0. The molecule has 8 nitrogen and oxygen atoms in total. The molecule has 8 heteroatoms. The summed E-state index contributed by atoms with van der Waals surface area (Å²) in [6.07, 6.45) is -1.91. The Morgan fingerprint density at radius 3 is 2.25 bits per heavy atom. The van der Waals surface area contributed by atoms with Gasteiger partial charge in [0.2, 0.25) is 0 Å². The molecule has 3 unspecified atom stereocenters. The van der Waals surface area contributed by atoms with Gasteiger partial charge in [0.25, 0.3) is 0 Å². The fraction of sp³-hybridized carbons (Fsp3) is 0.600. The lowest BCUT2D eigenvalue weighted by molar-refractivity contribution is -0.171. The Balaban J connectivity index is 2.48. The van der Waals surface area contributed by atoms with Crippen LogP contribution in [-0.2, 0) is 28.5 Å². The molecular formula is C20H29NO7. The first-order valence-electron chi connectivity index (χ1n) is 9.04. The molecule has 1 amide bonds. The minimum atomic E-state index is -0.685. The summed E-state index contributed by atoms with van der Waals surface area (Å²) in [6.45, 7) is 6.66. The Bertz CT molecular complexity index is 685. The third kappa shape index (κ3) is 5.21. The van der Waals surface area contributed by atoms with Gasteiger partial charge >= 0.3 is 12.1 Å². The van der Waals surface area contributed by atoms with Gasteiger partial charge in [0.05, 0.1) is 6.04 Å². The van der Waals surface area contributed by atoms with Crippen LogP contribution in [0.25, 0.3) is 0 Å². The summed E-state index contributed by atoms with van der Waals surface area (Å²) < 4.78 is 27.3. The van der Waals surface area contributed by atoms with E-state index in [2.05, 4.69) is 0 Å². The highest BCUT2D eigenvalue weighted by atomic mass is 16.7. The summed E-state index contributed by atoms with van der Waals surface area (Å²) in [7, 11) is 2.99. The first-order valence-corrected chi connectivity index (χ1v) is 9.04. The molecule has 0 heterocycles. The van der Waals surface area contributed by atoms with Crippen LogP contribution in [0.15, 0.2) is 24.3 Å². The highest BCUT2D eigenvalue weighted by Crippen LogP contribution is 2.46. The van der Waals surface area contributed by atoms with Gasteiger partial charge in [-0.05, 0) is 26.3 Å². The van der Waals surface area contributed by atoms with E-state index >= 15 is 0 Å². The smallest absolute Gasteiger partial charge is 0.412 e. The van der Waals surface area contributed by atoms with E-state index in [1.54, 1.807) is 20.8 Å². The number of ether oxygens (including phenoxy) is 5. The monoisotopic (exact) mass is 395 g/mol. The van der Waals surface area contributed by atoms with E-state index in [0.717, 1.165) is 11.1 Å². The fourth-order valence-electron chi connectivity index (χ4n) is 3.24. The molecule has 0 spiro atoms. The molecule has 0 fully saturated rings. The third-order valence-corrected chi connectivity index (χ3v) is 4.13. The van der Waals surface area contributed by atoms with E-state index in [0.29, 0.717) is 0 Å². The molecule has 0 aromatic heterocycles. The van der Waals surface area contributed by atoms with Gasteiger partial charge in [-0.3, -0.25) is 9.69 Å². The van der Waals surface area contributed by atoms with Crippen molar-refractivity contribution in [1.29, 1.82) is 0 Å². The van der Waals surface area contributed by atoms with E-state index in [4.69, 9.17) is 23.7 Å². The Morgan fingerprint density at radius 2 is 1.71 bits per heavy atom. The molecule has 0 saturated heterocycles. The number of benzene rings is 1. The lowest BCUT2D eigenvalue weighted by Crippen LogP contribution is -2.44. The summed E-state index contributed by atoms with van der Waals surface area (Å²) in [5.74, 6) is -0.443. The average Bonchev–Trinajstić information content (AvgIpc) is 2.89. The largest absolute Gasteiger partial charge is 0.455 e. The Kier molecular flexibility index (Phi) is 7.40. The zero-order valence-corrected chi connectivity index (χ0v) is 17.3. The van der Waals surface area contributed by atoms with Crippen molar-refractivity contribution in [3.63, 3.8) is 0 Å². The van der Waals surface area contributed by atoms with Gasteiger partial charge in [-0.1, -0.05) is 24.3 Å². The molecule has 1 aliphatic rings. The average molecular weight is 395 g/mol. The molecule has 28 heavy (non-hydrogen) atoms. The number of amides is 1. The molecule has 0 radical (unpaired) electrons. The standard InChI is InChI=1S/C20H29NO7/c1-13(22)27-17-15-10-8-7-9-14(15)16(18(17)26-12-25-6)21(11-24-5)19(23)28-20(2,3)4/h7-10,16-18H,11-12H2,1-6H3.